The molecular formula is C8H6LiN3O4. The van der Waals surface area contributed by atoms with E-state index in [9.17, 15) is 19.5 Å². The van der Waals surface area contributed by atoms with Crippen LogP contribution in [0.1, 0.15) is 10.4 Å². The number of carboxylic acids is 1. The number of nitrogens with zero attached hydrogens (tertiary/aromatic N) is 1. The molecule has 0 radical (unpaired) electrons. The Balaban J connectivity index is 0.00000225. The standard InChI is InChI=1S/C8H7N3O4.Li/c9-6(12)4-1-5(3-10-2-4)11-7(13)8(14)15;/h1-3H,(H2,9,12)(H,11,13)(H,14,15);/q;+1/p-1. The fourth-order valence-electron chi connectivity index (χ4n) is 0.825. The number of rotatable bonds is 2. The van der Waals surface area contributed by atoms with Crippen molar-refractivity contribution in [1.29, 1.82) is 0 Å². The summed E-state index contributed by atoms with van der Waals surface area (Å²) in [5.74, 6) is -3.93. The monoisotopic (exact) mass is 215 g/mol. The van der Waals surface area contributed by atoms with Gasteiger partial charge in [-0.15, -0.1) is 0 Å². The van der Waals surface area contributed by atoms with Crippen LogP contribution in [-0.2, 0) is 9.59 Å². The van der Waals surface area contributed by atoms with Crippen LogP contribution in [0.25, 0.3) is 0 Å². The van der Waals surface area contributed by atoms with Gasteiger partial charge in [0.05, 0.1) is 17.4 Å². The molecule has 0 aliphatic carbocycles. The van der Waals surface area contributed by atoms with Gasteiger partial charge in [-0.2, -0.15) is 0 Å². The predicted octanol–water partition coefficient (Wildman–Crippen LogP) is -5.13. The molecule has 1 rings (SSSR count). The van der Waals surface area contributed by atoms with Crippen LogP contribution >= 0.6 is 0 Å². The number of anilines is 1. The second-order valence-corrected chi connectivity index (χ2v) is 2.57. The van der Waals surface area contributed by atoms with Crippen molar-refractivity contribution in [2.45, 2.75) is 0 Å². The first-order valence-electron chi connectivity index (χ1n) is 3.78. The van der Waals surface area contributed by atoms with Gasteiger partial charge in [-0.1, -0.05) is 0 Å². The van der Waals surface area contributed by atoms with Crippen LogP contribution in [0.2, 0.25) is 0 Å². The molecule has 0 atom stereocenters. The molecule has 78 valence electrons. The molecule has 7 nitrogen and oxygen atoms in total. The summed E-state index contributed by atoms with van der Waals surface area (Å²) < 4.78 is 0. The molecule has 1 heterocycles. The second kappa shape index (κ2) is 5.90. The van der Waals surface area contributed by atoms with Crippen molar-refractivity contribution < 1.29 is 38.4 Å². The Morgan fingerprint density at radius 3 is 2.44 bits per heavy atom. The average Bonchev–Trinajstić information content (AvgIpc) is 2.18. The first kappa shape index (κ1) is 14.2. The summed E-state index contributed by atoms with van der Waals surface area (Å²) in [5, 5.41) is 12.1. The van der Waals surface area contributed by atoms with Crippen molar-refractivity contribution in [3.8, 4) is 0 Å². The molecule has 0 saturated carbocycles. The van der Waals surface area contributed by atoms with Gasteiger partial charge in [0.15, 0.2) is 0 Å². The molecule has 8 heteroatoms. The van der Waals surface area contributed by atoms with Gasteiger partial charge in [0.2, 0.25) is 5.91 Å². The van der Waals surface area contributed by atoms with E-state index in [1.807, 2.05) is 5.32 Å². The molecule has 0 fully saturated rings. The number of carboxylic acid groups (broad SMARTS) is 1. The average molecular weight is 215 g/mol. The fraction of sp³-hybridized carbons (Fsp3) is 0. The van der Waals surface area contributed by atoms with Crippen molar-refractivity contribution in [2.24, 2.45) is 5.73 Å². The molecule has 0 aliphatic heterocycles. The molecule has 16 heavy (non-hydrogen) atoms. The maximum atomic E-state index is 10.7. The molecule has 1 aromatic heterocycles. The Morgan fingerprint density at radius 2 is 1.94 bits per heavy atom. The van der Waals surface area contributed by atoms with Crippen LogP contribution in [0, 0.1) is 0 Å². The van der Waals surface area contributed by atoms with E-state index in [2.05, 4.69) is 4.98 Å². The predicted molar refractivity (Wildman–Crippen MR) is 46.4 cm³/mol. The summed E-state index contributed by atoms with van der Waals surface area (Å²) in [6.45, 7) is 0. The van der Waals surface area contributed by atoms with E-state index in [0.717, 1.165) is 0 Å². The van der Waals surface area contributed by atoms with Crippen molar-refractivity contribution in [3.63, 3.8) is 0 Å². The smallest absolute Gasteiger partial charge is 0.540 e. The number of nitrogens with two attached hydrogens (primary N) is 1. The summed E-state index contributed by atoms with van der Waals surface area (Å²) in [6.07, 6.45) is 2.37. The zero-order valence-corrected chi connectivity index (χ0v) is 8.39. The molecule has 3 N–H and O–H groups in total. The van der Waals surface area contributed by atoms with Crippen LogP contribution in [-0.4, -0.2) is 22.8 Å². The molecule has 0 unspecified atom stereocenters. The van der Waals surface area contributed by atoms with Crippen LogP contribution in [0.3, 0.4) is 0 Å². The number of nitrogens with one attached hydrogen (secondary N) is 1. The van der Waals surface area contributed by atoms with Gasteiger partial charge >= 0.3 is 18.9 Å². The third-order valence-electron chi connectivity index (χ3n) is 1.47. The molecular weight excluding hydrogens is 209 g/mol. The van der Waals surface area contributed by atoms with E-state index in [1.54, 1.807) is 0 Å². The van der Waals surface area contributed by atoms with Crippen LogP contribution in [0.4, 0.5) is 5.69 Å². The van der Waals surface area contributed by atoms with E-state index in [4.69, 9.17) is 5.73 Å². The topological polar surface area (TPSA) is 125 Å². The van der Waals surface area contributed by atoms with Crippen molar-refractivity contribution in [1.82, 2.24) is 4.98 Å². The van der Waals surface area contributed by atoms with E-state index < -0.39 is 17.8 Å². The van der Waals surface area contributed by atoms with Crippen LogP contribution in [0.15, 0.2) is 18.5 Å². The Hall–Kier alpha value is -1.84. The summed E-state index contributed by atoms with van der Waals surface area (Å²) >= 11 is 0. The number of hydrogen-bond acceptors (Lipinski definition) is 5. The third-order valence-corrected chi connectivity index (χ3v) is 1.47. The summed E-state index contributed by atoms with van der Waals surface area (Å²) in [4.78, 5) is 35.1. The fourth-order valence-corrected chi connectivity index (χ4v) is 0.825. The summed E-state index contributed by atoms with van der Waals surface area (Å²) in [7, 11) is 0. The van der Waals surface area contributed by atoms with Crippen LogP contribution < -0.4 is 35.0 Å². The number of primary amides is 1. The molecule has 0 aromatic carbocycles. The van der Waals surface area contributed by atoms with Crippen molar-refractivity contribution in [2.75, 3.05) is 5.32 Å². The Morgan fingerprint density at radius 1 is 1.31 bits per heavy atom. The zero-order valence-electron chi connectivity index (χ0n) is 8.39. The number of pyridine rings is 1. The minimum atomic E-state index is -1.88. The molecule has 0 saturated heterocycles. The van der Waals surface area contributed by atoms with Gasteiger partial charge in [0.25, 0.3) is 5.91 Å². The molecule has 0 spiro atoms. The van der Waals surface area contributed by atoms with Crippen molar-refractivity contribution >= 4 is 23.5 Å². The Bertz CT molecular complexity index is 435. The van der Waals surface area contributed by atoms with E-state index in [0.29, 0.717) is 0 Å². The molecule has 1 aromatic rings. The molecule has 0 aliphatic rings. The zero-order chi connectivity index (χ0) is 11.4. The largest absolute Gasteiger partial charge is 1.00 e. The molecule has 2 amide bonds. The van der Waals surface area contributed by atoms with Gasteiger partial charge in [-0.3, -0.25) is 14.6 Å². The van der Waals surface area contributed by atoms with Crippen LogP contribution in [0.5, 0.6) is 0 Å². The van der Waals surface area contributed by atoms with Gasteiger partial charge in [0.1, 0.15) is 5.97 Å². The number of aromatic nitrogens is 1. The number of hydrogen-bond donors (Lipinski definition) is 2. The quantitative estimate of drug-likeness (QED) is 0.377. The number of aliphatic carboxylic acids is 1. The maximum Gasteiger partial charge on any atom is 1.00 e. The summed E-state index contributed by atoms with van der Waals surface area (Å²) in [6, 6.07) is 1.20. The van der Waals surface area contributed by atoms with Gasteiger partial charge in [-0.25, -0.2) is 0 Å². The van der Waals surface area contributed by atoms with Gasteiger partial charge < -0.3 is 21.0 Å². The molecule has 0 bridgehead atoms. The van der Waals surface area contributed by atoms with E-state index in [-0.39, 0.29) is 30.1 Å². The minimum absolute atomic E-state index is 0. The second-order valence-electron chi connectivity index (χ2n) is 2.57. The minimum Gasteiger partial charge on any atom is -0.540 e. The maximum absolute atomic E-state index is 10.7. The van der Waals surface area contributed by atoms with E-state index in [1.165, 1.54) is 18.5 Å². The normalized spacial score (nSPS) is 8.75. The number of carbonyl (C=O) groups is 3. The number of carbonyl (C=O) groups excluding carboxylic acids is 3. The van der Waals surface area contributed by atoms with Gasteiger partial charge in [0, 0.05) is 6.20 Å². The first-order valence-corrected chi connectivity index (χ1v) is 3.78. The first-order chi connectivity index (χ1) is 7.00. The van der Waals surface area contributed by atoms with Gasteiger partial charge in [-0.05, 0) is 6.07 Å². The SMILES string of the molecule is NC(=O)c1cncc(NC(=O)C(=O)[O-])c1.[Li+]. The summed E-state index contributed by atoms with van der Waals surface area (Å²) in [5.41, 5.74) is 5.07. The number of amides is 2. The third kappa shape index (κ3) is 3.72. The van der Waals surface area contributed by atoms with Crippen molar-refractivity contribution in [3.05, 3.63) is 24.0 Å². The Kier molecular flexibility index (Phi) is 5.22. The van der Waals surface area contributed by atoms with E-state index >= 15 is 0 Å². The Labute approximate surface area is 102 Å².